The lowest BCUT2D eigenvalue weighted by Crippen LogP contribution is -2.14. The number of hydrogen-bond acceptors (Lipinski definition) is 3. The predicted molar refractivity (Wildman–Crippen MR) is 105 cm³/mol. The van der Waals surface area contributed by atoms with Crippen LogP contribution in [-0.2, 0) is 0 Å². The van der Waals surface area contributed by atoms with Crippen molar-refractivity contribution in [2.75, 3.05) is 5.32 Å². The van der Waals surface area contributed by atoms with Gasteiger partial charge in [0.2, 0.25) is 0 Å². The summed E-state index contributed by atoms with van der Waals surface area (Å²) in [6.45, 7) is 2.01. The second-order valence-electron chi connectivity index (χ2n) is 6.05. The molecule has 0 radical (unpaired) electrons. The summed E-state index contributed by atoms with van der Waals surface area (Å²) in [4.78, 5) is 16.8. The van der Waals surface area contributed by atoms with Crippen molar-refractivity contribution in [3.05, 3.63) is 89.7 Å². The van der Waals surface area contributed by atoms with Gasteiger partial charge in [-0.25, -0.2) is 9.67 Å². The van der Waals surface area contributed by atoms with Gasteiger partial charge in [-0.05, 0) is 55.0 Å². The Morgan fingerprint density at radius 3 is 2.63 bits per heavy atom. The lowest BCUT2D eigenvalue weighted by molar-refractivity contribution is 0.102. The molecule has 0 fully saturated rings. The number of halogens is 1. The van der Waals surface area contributed by atoms with Crippen molar-refractivity contribution >= 4 is 23.2 Å². The van der Waals surface area contributed by atoms with Gasteiger partial charge in [0.1, 0.15) is 12.7 Å². The van der Waals surface area contributed by atoms with Gasteiger partial charge >= 0.3 is 0 Å². The first kappa shape index (κ1) is 17.1. The normalized spacial score (nSPS) is 10.7. The van der Waals surface area contributed by atoms with E-state index in [2.05, 4.69) is 15.4 Å². The highest BCUT2D eigenvalue weighted by Gasteiger charge is 2.13. The minimum atomic E-state index is -0.230. The van der Waals surface area contributed by atoms with Gasteiger partial charge in [-0.1, -0.05) is 17.7 Å². The summed E-state index contributed by atoms with van der Waals surface area (Å²) in [5.74, 6) is -0.230. The zero-order chi connectivity index (χ0) is 18.8. The summed E-state index contributed by atoms with van der Waals surface area (Å²) < 4.78 is 3.55. The van der Waals surface area contributed by atoms with Crippen LogP contribution in [0.3, 0.4) is 0 Å². The zero-order valence-electron chi connectivity index (χ0n) is 14.5. The zero-order valence-corrected chi connectivity index (χ0v) is 15.3. The smallest absolute Gasteiger partial charge is 0.255 e. The maximum absolute atomic E-state index is 12.9. The third-order valence-corrected chi connectivity index (χ3v) is 4.46. The van der Waals surface area contributed by atoms with E-state index >= 15 is 0 Å². The molecule has 0 aliphatic heterocycles. The van der Waals surface area contributed by atoms with Crippen molar-refractivity contribution in [2.24, 2.45) is 0 Å². The molecule has 27 heavy (non-hydrogen) atoms. The summed E-state index contributed by atoms with van der Waals surface area (Å²) in [6.07, 6.45) is 6.89. The molecule has 0 unspecified atom stereocenters. The highest BCUT2D eigenvalue weighted by Crippen LogP contribution is 2.25. The van der Waals surface area contributed by atoms with E-state index in [9.17, 15) is 4.79 Å². The molecule has 0 bridgehead atoms. The summed E-state index contributed by atoms with van der Waals surface area (Å²) in [6, 6.07) is 14.7. The van der Waals surface area contributed by atoms with E-state index < -0.39 is 0 Å². The minimum Gasteiger partial charge on any atom is -0.324 e. The van der Waals surface area contributed by atoms with E-state index in [1.54, 1.807) is 35.3 Å². The van der Waals surface area contributed by atoms with Crippen LogP contribution in [0.15, 0.2) is 73.6 Å². The Balaban J connectivity index is 1.68. The Hall–Kier alpha value is -3.38. The molecule has 2 aromatic carbocycles. The van der Waals surface area contributed by atoms with Crippen LogP contribution in [0.25, 0.3) is 11.4 Å². The lowest BCUT2D eigenvalue weighted by Gasteiger charge is -2.13. The number of nitrogens with one attached hydrogen (secondary N) is 1. The minimum absolute atomic E-state index is 0.230. The molecule has 1 amide bonds. The van der Waals surface area contributed by atoms with E-state index in [1.807, 2.05) is 48.1 Å². The molecule has 2 aromatic heterocycles. The first-order chi connectivity index (χ1) is 13.1. The van der Waals surface area contributed by atoms with E-state index in [-0.39, 0.29) is 5.91 Å². The number of carbonyl (C=O) groups excluding carboxylic acids is 1. The Labute approximate surface area is 161 Å². The highest BCUT2D eigenvalue weighted by molar-refractivity contribution is 6.31. The van der Waals surface area contributed by atoms with Crippen molar-refractivity contribution in [2.45, 2.75) is 6.92 Å². The molecule has 0 atom stereocenters. The molecule has 7 heteroatoms. The highest BCUT2D eigenvalue weighted by atomic mass is 35.5. The van der Waals surface area contributed by atoms with E-state index in [0.29, 0.717) is 22.0 Å². The molecule has 4 rings (SSSR count). The van der Waals surface area contributed by atoms with E-state index in [0.717, 1.165) is 11.3 Å². The Morgan fingerprint density at radius 2 is 1.89 bits per heavy atom. The summed E-state index contributed by atoms with van der Waals surface area (Å²) in [7, 11) is 0. The molecule has 0 aliphatic carbocycles. The molecule has 4 aromatic rings. The SMILES string of the molecule is Cc1ccc(C(=O)Nc2cc(Cl)ccc2-n2cncn2)cc1-n1cccc1. The van der Waals surface area contributed by atoms with Gasteiger partial charge in [0.05, 0.1) is 11.4 Å². The lowest BCUT2D eigenvalue weighted by atomic mass is 10.1. The summed E-state index contributed by atoms with van der Waals surface area (Å²) in [5, 5.41) is 7.57. The van der Waals surface area contributed by atoms with Crippen molar-refractivity contribution in [1.29, 1.82) is 0 Å². The van der Waals surface area contributed by atoms with Crippen LogP contribution >= 0.6 is 11.6 Å². The molecule has 1 N–H and O–H groups in total. The van der Waals surface area contributed by atoms with Crippen molar-refractivity contribution < 1.29 is 4.79 Å². The molecular formula is C20H16ClN5O. The summed E-state index contributed by atoms with van der Waals surface area (Å²) in [5.41, 5.74) is 3.82. The topological polar surface area (TPSA) is 64.7 Å². The average Bonchev–Trinajstić information content (AvgIpc) is 3.36. The maximum Gasteiger partial charge on any atom is 0.255 e. The molecule has 0 saturated heterocycles. The average molecular weight is 378 g/mol. The van der Waals surface area contributed by atoms with Crippen molar-refractivity contribution in [3.8, 4) is 11.4 Å². The van der Waals surface area contributed by atoms with Crippen LogP contribution in [-0.4, -0.2) is 25.2 Å². The molecule has 0 saturated carbocycles. The van der Waals surface area contributed by atoms with Crippen LogP contribution in [0.1, 0.15) is 15.9 Å². The third-order valence-electron chi connectivity index (χ3n) is 4.23. The van der Waals surface area contributed by atoms with Gasteiger partial charge in [-0.2, -0.15) is 5.10 Å². The largest absolute Gasteiger partial charge is 0.324 e. The van der Waals surface area contributed by atoms with Gasteiger partial charge in [0.25, 0.3) is 5.91 Å². The standard InChI is InChI=1S/C20H16ClN5O/c1-14-4-5-15(10-19(14)25-8-2-3-9-25)20(27)24-17-11-16(21)6-7-18(17)26-13-22-12-23-26/h2-13H,1H3,(H,24,27). The predicted octanol–water partition coefficient (Wildman–Crippen LogP) is 4.27. The quantitative estimate of drug-likeness (QED) is 0.577. The Bertz CT molecular complexity index is 1090. The maximum atomic E-state index is 12.9. The van der Waals surface area contributed by atoms with Crippen LogP contribution in [0.5, 0.6) is 0 Å². The van der Waals surface area contributed by atoms with Crippen LogP contribution in [0.4, 0.5) is 5.69 Å². The number of aryl methyl sites for hydroxylation is 1. The van der Waals surface area contributed by atoms with Crippen LogP contribution in [0, 0.1) is 6.92 Å². The van der Waals surface area contributed by atoms with Crippen LogP contribution < -0.4 is 5.32 Å². The molecule has 6 nitrogen and oxygen atoms in total. The fourth-order valence-corrected chi connectivity index (χ4v) is 3.03. The number of amides is 1. The van der Waals surface area contributed by atoms with Gasteiger partial charge in [-0.3, -0.25) is 4.79 Å². The van der Waals surface area contributed by atoms with Crippen molar-refractivity contribution in [1.82, 2.24) is 19.3 Å². The number of benzene rings is 2. The monoisotopic (exact) mass is 377 g/mol. The third kappa shape index (κ3) is 3.47. The second-order valence-corrected chi connectivity index (χ2v) is 6.48. The fourth-order valence-electron chi connectivity index (χ4n) is 2.86. The van der Waals surface area contributed by atoms with E-state index in [1.165, 1.54) is 6.33 Å². The Morgan fingerprint density at radius 1 is 1.07 bits per heavy atom. The van der Waals surface area contributed by atoms with Crippen molar-refractivity contribution in [3.63, 3.8) is 0 Å². The number of aromatic nitrogens is 4. The van der Waals surface area contributed by atoms with Gasteiger partial charge < -0.3 is 9.88 Å². The van der Waals surface area contributed by atoms with Gasteiger partial charge in [0, 0.05) is 28.7 Å². The molecule has 134 valence electrons. The van der Waals surface area contributed by atoms with Crippen LogP contribution in [0.2, 0.25) is 5.02 Å². The molecule has 0 spiro atoms. The molecule has 2 heterocycles. The van der Waals surface area contributed by atoms with E-state index in [4.69, 9.17) is 11.6 Å². The Kier molecular flexibility index (Phi) is 4.48. The number of anilines is 1. The molecular weight excluding hydrogens is 362 g/mol. The second kappa shape index (κ2) is 7.09. The number of carbonyl (C=O) groups is 1. The van der Waals surface area contributed by atoms with Gasteiger partial charge in [-0.15, -0.1) is 0 Å². The molecule has 0 aliphatic rings. The number of rotatable bonds is 4. The number of nitrogens with zero attached hydrogens (tertiary/aromatic N) is 4. The fraction of sp³-hybridized carbons (Fsp3) is 0.0500. The first-order valence-corrected chi connectivity index (χ1v) is 8.69. The first-order valence-electron chi connectivity index (χ1n) is 8.32. The number of hydrogen-bond donors (Lipinski definition) is 1. The summed E-state index contributed by atoms with van der Waals surface area (Å²) >= 11 is 6.12. The van der Waals surface area contributed by atoms with Gasteiger partial charge in [0.15, 0.2) is 0 Å².